The second-order valence-corrected chi connectivity index (χ2v) is 6.55. The van der Waals surface area contributed by atoms with Crippen LogP contribution in [0, 0.1) is 6.92 Å². The van der Waals surface area contributed by atoms with Gasteiger partial charge in [-0.05, 0) is 39.4 Å². The minimum Gasteiger partial charge on any atom is -0.398 e. The molecule has 2 N–H and O–H groups in total. The number of hydrogen-bond acceptors (Lipinski definition) is 4. The molecule has 0 aromatic carbocycles. The number of hydrogen-bond donors (Lipinski definition) is 1. The van der Waals surface area contributed by atoms with Gasteiger partial charge in [-0.1, -0.05) is 6.92 Å². The van der Waals surface area contributed by atoms with Crippen LogP contribution in [0.3, 0.4) is 0 Å². The molecule has 1 aromatic heterocycles. The van der Waals surface area contributed by atoms with Gasteiger partial charge in [-0.3, -0.25) is 4.79 Å². The molecule has 1 aromatic rings. The van der Waals surface area contributed by atoms with Gasteiger partial charge in [0.1, 0.15) is 0 Å². The standard InChI is InChI=1S/C14H23N3OS/c1-4-11-9-16(3)6-5-7-17(11)14(18)13-8-12(15)10(2)19-13/h8,11H,4-7,9,15H2,1-3H3. The molecule has 1 aliphatic heterocycles. The SMILES string of the molecule is CCC1CN(C)CCCN1C(=O)c1cc(N)c(C)s1. The number of nitrogens with zero attached hydrogens (tertiary/aromatic N) is 2. The van der Waals surface area contributed by atoms with Gasteiger partial charge in [0, 0.05) is 29.7 Å². The maximum Gasteiger partial charge on any atom is 0.264 e. The van der Waals surface area contributed by atoms with E-state index in [0.29, 0.717) is 6.04 Å². The number of nitrogen functional groups attached to an aromatic ring is 1. The van der Waals surface area contributed by atoms with E-state index in [9.17, 15) is 4.79 Å². The number of likely N-dealkylation sites (N-methyl/N-ethyl adjacent to an activating group) is 1. The topological polar surface area (TPSA) is 49.6 Å². The number of aryl methyl sites for hydroxylation is 1. The third kappa shape index (κ3) is 3.09. The van der Waals surface area contributed by atoms with Crippen LogP contribution < -0.4 is 5.73 Å². The van der Waals surface area contributed by atoms with Crippen molar-refractivity contribution in [3.05, 3.63) is 15.8 Å². The number of carbonyl (C=O) groups excluding carboxylic acids is 1. The Morgan fingerprint density at radius 1 is 1.53 bits per heavy atom. The maximum atomic E-state index is 12.7. The largest absolute Gasteiger partial charge is 0.398 e. The van der Waals surface area contributed by atoms with Crippen molar-refractivity contribution in [1.29, 1.82) is 0 Å². The Labute approximate surface area is 119 Å². The Bertz CT molecular complexity index is 438. The number of nitrogens with two attached hydrogens (primary N) is 1. The van der Waals surface area contributed by atoms with Crippen molar-refractivity contribution in [2.24, 2.45) is 0 Å². The van der Waals surface area contributed by atoms with Crippen LogP contribution >= 0.6 is 11.3 Å². The predicted molar refractivity (Wildman–Crippen MR) is 80.7 cm³/mol. The van der Waals surface area contributed by atoms with Crippen molar-refractivity contribution in [1.82, 2.24) is 9.80 Å². The zero-order valence-electron chi connectivity index (χ0n) is 12.0. The number of thiophene rings is 1. The molecule has 19 heavy (non-hydrogen) atoms. The highest BCUT2D eigenvalue weighted by molar-refractivity contribution is 7.14. The van der Waals surface area contributed by atoms with Gasteiger partial charge in [-0.2, -0.15) is 0 Å². The minimum absolute atomic E-state index is 0.145. The normalized spacial score (nSPS) is 21.4. The number of carbonyl (C=O) groups is 1. The van der Waals surface area contributed by atoms with Crippen LogP contribution in [-0.2, 0) is 0 Å². The molecule has 1 amide bonds. The van der Waals surface area contributed by atoms with E-state index >= 15 is 0 Å². The van der Waals surface area contributed by atoms with Gasteiger partial charge < -0.3 is 15.5 Å². The van der Waals surface area contributed by atoms with Crippen LogP contribution in [0.1, 0.15) is 34.3 Å². The second kappa shape index (κ2) is 5.92. The monoisotopic (exact) mass is 281 g/mol. The van der Waals surface area contributed by atoms with Crippen LogP contribution in [0.15, 0.2) is 6.07 Å². The highest BCUT2D eigenvalue weighted by Gasteiger charge is 2.27. The van der Waals surface area contributed by atoms with Crippen molar-refractivity contribution >= 4 is 22.9 Å². The summed E-state index contributed by atoms with van der Waals surface area (Å²) in [5, 5.41) is 0. The zero-order chi connectivity index (χ0) is 14.0. The molecule has 0 saturated carbocycles. The molecule has 2 rings (SSSR count). The second-order valence-electron chi connectivity index (χ2n) is 5.30. The van der Waals surface area contributed by atoms with Crippen molar-refractivity contribution < 1.29 is 4.79 Å². The molecular formula is C14H23N3OS. The third-order valence-corrected chi connectivity index (χ3v) is 4.86. The van der Waals surface area contributed by atoms with Gasteiger partial charge in [0.25, 0.3) is 5.91 Å². The molecule has 0 radical (unpaired) electrons. The van der Waals surface area contributed by atoms with Gasteiger partial charge in [-0.15, -0.1) is 11.3 Å². The Hall–Kier alpha value is -1.07. The molecular weight excluding hydrogens is 258 g/mol. The number of rotatable bonds is 2. The van der Waals surface area contributed by atoms with Crippen molar-refractivity contribution in [3.63, 3.8) is 0 Å². The molecule has 1 saturated heterocycles. The van der Waals surface area contributed by atoms with E-state index in [0.717, 1.165) is 47.9 Å². The first-order valence-electron chi connectivity index (χ1n) is 6.88. The minimum atomic E-state index is 0.145. The highest BCUT2D eigenvalue weighted by Crippen LogP contribution is 2.26. The predicted octanol–water partition coefficient (Wildman–Crippen LogP) is 2.20. The summed E-state index contributed by atoms with van der Waals surface area (Å²) in [4.78, 5) is 18.8. The van der Waals surface area contributed by atoms with E-state index in [4.69, 9.17) is 5.73 Å². The summed E-state index contributed by atoms with van der Waals surface area (Å²) in [6.45, 7) is 6.98. The molecule has 1 fully saturated rings. The molecule has 5 heteroatoms. The van der Waals surface area contributed by atoms with E-state index in [2.05, 4.69) is 18.9 Å². The fourth-order valence-electron chi connectivity index (χ4n) is 2.60. The van der Waals surface area contributed by atoms with Crippen molar-refractivity contribution in [2.75, 3.05) is 32.4 Å². The van der Waals surface area contributed by atoms with E-state index in [1.807, 2.05) is 17.9 Å². The van der Waals surface area contributed by atoms with E-state index < -0.39 is 0 Å². The van der Waals surface area contributed by atoms with Gasteiger partial charge in [-0.25, -0.2) is 0 Å². The molecule has 0 spiro atoms. The average molecular weight is 281 g/mol. The van der Waals surface area contributed by atoms with Gasteiger partial charge in [0.15, 0.2) is 0 Å². The Morgan fingerprint density at radius 2 is 2.26 bits per heavy atom. The highest BCUT2D eigenvalue weighted by atomic mass is 32.1. The molecule has 0 aliphatic carbocycles. The Kier molecular flexibility index (Phi) is 4.47. The van der Waals surface area contributed by atoms with E-state index in [1.54, 1.807) is 0 Å². The lowest BCUT2D eigenvalue weighted by Gasteiger charge is -2.29. The van der Waals surface area contributed by atoms with Crippen LogP contribution in [0.25, 0.3) is 0 Å². The fraction of sp³-hybridized carbons (Fsp3) is 0.643. The fourth-order valence-corrected chi connectivity index (χ4v) is 3.50. The average Bonchev–Trinajstić information content (AvgIpc) is 2.61. The molecule has 1 unspecified atom stereocenters. The smallest absolute Gasteiger partial charge is 0.264 e. The summed E-state index contributed by atoms with van der Waals surface area (Å²) in [5.41, 5.74) is 6.59. The summed E-state index contributed by atoms with van der Waals surface area (Å²) in [6.07, 6.45) is 2.04. The zero-order valence-corrected chi connectivity index (χ0v) is 12.8. The van der Waals surface area contributed by atoms with E-state index in [1.165, 1.54) is 11.3 Å². The first-order valence-corrected chi connectivity index (χ1v) is 7.70. The summed E-state index contributed by atoms with van der Waals surface area (Å²) in [5.74, 6) is 0.145. The quantitative estimate of drug-likeness (QED) is 0.904. The van der Waals surface area contributed by atoms with Crippen LogP contribution in [0.4, 0.5) is 5.69 Å². The van der Waals surface area contributed by atoms with E-state index in [-0.39, 0.29) is 5.91 Å². The molecule has 2 heterocycles. The summed E-state index contributed by atoms with van der Waals surface area (Å²) in [6, 6.07) is 2.13. The molecule has 0 bridgehead atoms. The van der Waals surface area contributed by atoms with Crippen molar-refractivity contribution in [3.8, 4) is 0 Å². The molecule has 1 aliphatic rings. The molecule has 1 atom stereocenters. The van der Waals surface area contributed by atoms with Crippen LogP contribution in [-0.4, -0.2) is 48.4 Å². The third-order valence-electron chi connectivity index (χ3n) is 3.80. The lowest BCUT2D eigenvalue weighted by Crippen LogP contribution is -2.43. The first kappa shape index (κ1) is 14.3. The summed E-state index contributed by atoms with van der Waals surface area (Å²) < 4.78 is 0. The summed E-state index contributed by atoms with van der Waals surface area (Å²) >= 11 is 1.51. The van der Waals surface area contributed by atoms with Crippen LogP contribution in [0.5, 0.6) is 0 Å². The molecule has 106 valence electrons. The molecule has 4 nitrogen and oxygen atoms in total. The Balaban J connectivity index is 2.20. The van der Waals surface area contributed by atoms with Gasteiger partial charge in [0.05, 0.1) is 4.88 Å². The van der Waals surface area contributed by atoms with Gasteiger partial charge in [0.2, 0.25) is 0 Å². The van der Waals surface area contributed by atoms with Gasteiger partial charge >= 0.3 is 0 Å². The lowest BCUT2D eigenvalue weighted by molar-refractivity contribution is 0.0681. The van der Waals surface area contributed by atoms with Crippen molar-refractivity contribution in [2.45, 2.75) is 32.7 Å². The maximum absolute atomic E-state index is 12.7. The number of anilines is 1. The lowest BCUT2D eigenvalue weighted by atomic mass is 10.1. The summed E-state index contributed by atoms with van der Waals surface area (Å²) in [7, 11) is 2.13. The van der Waals surface area contributed by atoms with Crippen LogP contribution in [0.2, 0.25) is 0 Å². The Morgan fingerprint density at radius 3 is 2.84 bits per heavy atom. The number of amides is 1. The first-order chi connectivity index (χ1) is 9.02.